The molecule has 142 valence electrons. The summed E-state index contributed by atoms with van der Waals surface area (Å²) in [7, 11) is 1.81. The van der Waals surface area contributed by atoms with E-state index in [0.717, 1.165) is 15.9 Å². The lowest BCUT2D eigenvalue weighted by Crippen LogP contribution is -2.52. The molecule has 2 aromatic heterocycles. The monoisotopic (exact) mass is 380 g/mol. The van der Waals surface area contributed by atoms with Gasteiger partial charge >= 0.3 is 5.97 Å². The molecule has 2 rings (SSSR count). The molecule has 0 saturated heterocycles. The van der Waals surface area contributed by atoms with Crippen LogP contribution < -0.4 is 10.6 Å². The number of carbonyl (C=O) groups is 3. The Bertz CT molecular complexity index is 807. The number of thiophene rings is 1. The van der Waals surface area contributed by atoms with E-state index in [9.17, 15) is 19.5 Å². The molecular weight excluding hydrogens is 356 g/mol. The standard InChI is InChI=1S/C17H24N4O4S/c1-6-8(2)13(17(24)25)19-14(22)10(4)18-15(23)12-7-11-9(3)20-21(5)16(11)26-12/h7-8,10,13H,6H2,1-5H3,(H,18,23)(H,19,22)(H,24,25). The molecule has 0 aliphatic carbocycles. The molecule has 2 heterocycles. The van der Waals surface area contributed by atoms with Crippen molar-refractivity contribution in [2.75, 3.05) is 0 Å². The predicted molar refractivity (Wildman–Crippen MR) is 99.3 cm³/mol. The van der Waals surface area contributed by atoms with Crippen LogP contribution in [0.5, 0.6) is 0 Å². The second-order valence-corrected chi connectivity index (χ2v) is 7.47. The second-order valence-electron chi connectivity index (χ2n) is 6.44. The minimum absolute atomic E-state index is 0.211. The van der Waals surface area contributed by atoms with Crippen molar-refractivity contribution in [2.24, 2.45) is 13.0 Å². The Labute approximate surface area is 155 Å². The highest BCUT2D eigenvalue weighted by Gasteiger charge is 2.28. The topological polar surface area (TPSA) is 113 Å². The van der Waals surface area contributed by atoms with E-state index in [1.165, 1.54) is 18.3 Å². The van der Waals surface area contributed by atoms with Crippen molar-refractivity contribution in [2.45, 2.75) is 46.2 Å². The molecular formula is C17H24N4O4S. The van der Waals surface area contributed by atoms with Crippen LogP contribution in [-0.4, -0.2) is 44.8 Å². The molecule has 0 fully saturated rings. The first-order valence-electron chi connectivity index (χ1n) is 8.42. The summed E-state index contributed by atoms with van der Waals surface area (Å²) in [5, 5.41) is 19.6. The van der Waals surface area contributed by atoms with Crippen LogP contribution in [0.15, 0.2) is 6.07 Å². The van der Waals surface area contributed by atoms with Crippen LogP contribution in [-0.2, 0) is 16.6 Å². The summed E-state index contributed by atoms with van der Waals surface area (Å²) in [6.07, 6.45) is 0.618. The number of hydrogen-bond donors (Lipinski definition) is 3. The quantitative estimate of drug-likeness (QED) is 0.676. The van der Waals surface area contributed by atoms with Gasteiger partial charge in [-0.1, -0.05) is 20.3 Å². The first kappa shape index (κ1) is 19.9. The van der Waals surface area contributed by atoms with E-state index in [1.807, 2.05) is 20.9 Å². The highest BCUT2D eigenvalue weighted by Crippen LogP contribution is 2.27. The Balaban J connectivity index is 2.06. The summed E-state index contributed by atoms with van der Waals surface area (Å²) in [5.41, 5.74) is 0.835. The number of aromatic nitrogens is 2. The lowest BCUT2D eigenvalue weighted by atomic mass is 9.99. The molecule has 9 heteroatoms. The van der Waals surface area contributed by atoms with Crippen molar-refractivity contribution >= 4 is 39.3 Å². The van der Waals surface area contributed by atoms with Crippen LogP contribution in [0, 0.1) is 12.8 Å². The molecule has 0 radical (unpaired) electrons. The van der Waals surface area contributed by atoms with Gasteiger partial charge in [-0.25, -0.2) is 4.79 Å². The molecule has 3 atom stereocenters. The van der Waals surface area contributed by atoms with E-state index in [-0.39, 0.29) is 11.8 Å². The zero-order valence-electron chi connectivity index (χ0n) is 15.5. The van der Waals surface area contributed by atoms with E-state index in [0.29, 0.717) is 11.3 Å². The Morgan fingerprint density at radius 3 is 2.50 bits per heavy atom. The van der Waals surface area contributed by atoms with Gasteiger partial charge in [-0.2, -0.15) is 5.10 Å². The molecule has 26 heavy (non-hydrogen) atoms. The number of amides is 2. The minimum atomic E-state index is -1.08. The van der Waals surface area contributed by atoms with Gasteiger partial charge in [0.1, 0.15) is 16.9 Å². The number of nitrogens with zero attached hydrogens (tertiary/aromatic N) is 2. The van der Waals surface area contributed by atoms with Crippen molar-refractivity contribution in [3.63, 3.8) is 0 Å². The van der Waals surface area contributed by atoms with Gasteiger partial charge in [-0.3, -0.25) is 14.3 Å². The lowest BCUT2D eigenvalue weighted by Gasteiger charge is -2.22. The largest absolute Gasteiger partial charge is 0.480 e. The fourth-order valence-corrected chi connectivity index (χ4v) is 3.64. The average molecular weight is 380 g/mol. The molecule has 3 unspecified atom stereocenters. The smallest absolute Gasteiger partial charge is 0.326 e. The molecule has 0 saturated carbocycles. The van der Waals surface area contributed by atoms with Crippen molar-refractivity contribution in [1.29, 1.82) is 0 Å². The summed E-state index contributed by atoms with van der Waals surface area (Å²) in [4.78, 5) is 37.4. The fraction of sp³-hybridized carbons (Fsp3) is 0.529. The van der Waals surface area contributed by atoms with E-state index in [4.69, 9.17) is 0 Å². The third-order valence-corrected chi connectivity index (χ3v) is 5.64. The zero-order valence-corrected chi connectivity index (χ0v) is 16.3. The Morgan fingerprint density at radius 2 is 1.96 bits per heavy atom. The summed E-state index contributed by atoms with van der Waals surface area (Å²) in [5.74, 6) is -2.19. The van der Waals surface area contributed by atoms with Gasteiger partial charge in [0.15, 0.2) is 0 Å². The maximum absolute atomic E-state index is 12.4. The maximum Gasteiger partial charge on any atom is 0.326 e. The second kappa shape index (κ2) is 7.86. The average Bonchev–Trinajstić information content (AvgIpc) is 3.13. The van der Waals surface area contributed by atoms with Crippen LogP contribution >= 0.6 is 11.3 Å². The molecule has 0 spiro atoms. The number of carbonyl (C=O) groups excluding carboxylic acids is 2. The Kier molecular flexibility index (Phi) is 6.01. The summed E-state index contributed by atoms with van der Waals surface area (Å²) >= 11 is 1.30. The minimum Gasteiger partial charge on any atom is -0.480 e. The number of rotatable bonds is 7. The number of aryl methyl sites for hydroxylation is 2. The maximum atomic E-state index is 12.4. The van der Waals surface area contributed by atoms with E-state index >= 15 is 0 Å². The van der Waals surface area contributed by atoms with Gasteiger partial charge < -0.3 is 15.7 Å². The van der Waals surface area contributed by atoms with E-state index < -0.39 is 24.0 Å². The van der Waals surface area contributed by atoms with Gasteiger partial charge in [0.25, 0.3) is 5.91 Å². The first-order valence-corrected chi connectivity index (χ1v) is 9.24. The third kappa shape index (κ3) is 4.04. The third-order valence-electron chi connectivity index (χ3n) is 4.44. The first-order chi connectivity index (χ1) is 12.1. The number of nitrogens with one attached hydrogen (secondary N) is 2. The molecule has 2 aromatic rings. The van der Waals surface area contributed by atoms with Crippen LogP contribution in [0.1, 0.15) is 42.6 Å². The summed E-state index contributed by atoms with van der Waals surface area (Å²) in [6, 6.07) is -0.0793. The highest BCUT2D eigenvalue weighted by molar-refractivity contribution is 7.20. The summed E-state index contributed by atoms with van der Waals surface area (Å²) in [6.45, 7) is 7.02. The Hall–Kier alpha value is -2.42. The number of fused-ring (bicyclic) bond motifs is 1. The van der Waals surface area contributed by atoms with E-state index in [2.05, 4.69) is 15.7 Å². The SMILES string of the molecule is CCC(C)C(NC(=O)C(C)NC(=O)c1cc2c(C)nn(C)c2s1)C(=O)O. The normalized spacial score (nSPS) is 14.7. The number of carboxylic acids is 1. The van der Waals surface area contributed by atoms with Crippen LogP contribution in [0.2, 0.25) is 0 Å². The van der Waals surface area contributed by atoms with Gasteiger partial charge in [-0.15, -0.1) is 11.3 Å². The predicted octanol–water partition coefficient (Wildman–Crippen LogP) is 1.68. The summed E-state index contributed by atoms with van der Waals surface area (Å²) < 4.78 is 1.71. The Morgan fingerprint density at radius 1 is 1.31 bits per heavy atom. The number of hydrogen-bond acceptors (Lipinski definition) is 5. The molecule has 8 nitrogen and oxygen atoms in total. The lowest BCUT2D eigenvalue weighted by molar-refractivity contribution is -0.143. The molecule has 2 amide bonds. The molecule has 0 aromatic carbocycles. The molecule has 0 bridgehead atoms. The molecule has 0 aliphatic rings. The number of aliphatic carboxylic acids is 1. The van der Waals surface area contributed by atoms with Crippen LogP contribution in [0.4, 0.5) is 0 Å². The van der Waals surface area contributed by atoms with Gasteiger partial charge in [0.05, 0.1) is 10.6 Å². The van der Waals surface area contributed by atoms with Gasteiger partial charge in [0.2, 0.25) is 5.91 Å². The van der Waals surface area contributed by atoms with Crippen molar-refractivity contribution in [1.82, 2.24) is 20.4 Å². The van der Waals surface area contributed by atoms with Gasteiger partial charge in [-0.05, 0) is 25.8 Å². The number of carboxylic acid groups (broad SMARTS) is 1. The molecule has 0 aliphatic heterocycles. The molecule has 3 N–H and O–H groups in total. The highest BCUT2D eigenvalue weighted by atomic mass is 32.1. The fourth-order valence-electron chi connectivity index (χ4n) is 2.61. The van der Waals surface area contributed by atoms with Crippen LogP contribution in [0.3, 0.4) is 0 Å². The van der Waals surface area contributed by atoms with Crippen LogP contribution in [0.25, 0.3) is 10.2 Å². The zero-order chi connectivity index (χ0) is 19.6. The van der Waals surface area contributed by atoms with Crippen molar-refractivity contribution in [3.05, 3.63) is 16.6 Å². The van der Waals surface area contributed by atoms with Crippen molar-refractivity contribution < 1.29 is 19.5 Å². The van der Waals surface area contributed by atoms with Gasteiger partial charge in [0, 0.05) is 12.4 Å². The van der Waals surface area contributed by atoms with E-state index in [1.54, 1.807) is 17.7 Å². The van der Waals surface area contributed by atoms with Crippen molar-refractivity contribution in [3.8, 4) is 0 Å².